The van der Waals surface area contributed by atoms with Crippen molar-refractivity contribution in [3.63, 3.8) is 0 Å². The van der Waals surface area contributed by atoms with E-state index in [1.54, 1.807) is 0 Å². The van der Waals surface area contributed by atoms with Gasteiger partial charge < -0.3 is 10.0 Å². The monoisotopic (exact) mass is 298 g/mol. The highest BCUT2D eigenvalue weighted by molar-refractivity contribution is 5.87. The number of nitriles is 1. The summed E-state index contributed by atoms with van der Waals surface area (Å²) in [5.74, 6) is -3.69. The van der Waals surface area contributed by atoms with E-state index in [0.717, 1.165) is 0 Å². The van der Waals surface area contributed by atoms with Crippen molar-refractivity contribution in [2.24, 2.45) is 0 Å². The van der Waals surface area contributed by atoms with Crippen molar-refractivity contribution in [2.45, 2.75) is 25.2 Å². The molecule has 21 heavy (non-hydrogen) atoms. The third-order valence-electron chi connectivity index (χ3n) is 3.25. The zero-order valence-corrected chi connectivity index (χ0v) is 10.5. The van der Waals surface area contributed by atoms with Gasteiger partial charge in [0.2, 0.25) is 0 Å². The number of carbonyl (C=O) groups is 2. The van der Waals surface area contributed by atoms with Crippen molar-refractivity contribution in [1.82, 2.24) is 4.90 Å². The maximum absolute atomic E-state index is 12.6. The Bertz CT molecular complexity index is 649. The van der Waals surface area contributed by atoms with Crippen molar-refractivity contribution in [2.75, 3.05) is 0 Å². The molecule has 5 nitrogen and oxygen atoms in total. The van der Waals surface area contributed by atoms with Crippen LogP contribution in [0.25, 0.3) is 0 Å². The number of carboxylic acids is 1. The molecule has 0 bridgehead atoms. The first-order chi connectivity index (χ1) is 9.74. The average Bonchev–Trinajstić information content (AvgIpc) is 2.43. The number of hydrogen-bond acceptors (Lipinski definition) is 3. The highest BCUT2D eigenvalue weighted by atomic mass is 19.4. The zero-order valence-electron chi connectivity index (χ0n) is 10.5. The smallest absolute Gasteiger partial charge is 0.471 e. The van der Waals surface area contributed by atoms with Gasteiger partial charge in [-0.25, -0.2) is 4.79 Å². The molecule has 1 aromatic rings. The normalized spacial score (nSPS) is 17.8. The Balaban J connectivity index is 2.43. The number of rotatable bonds is 1. The Morgan fingerprint density at radius 1 is 1.33 bits per heavy atom. The quantitative estimate of drug-likeness (QED) is 0.851. The Kier molecular flexibility index (Phi) is 3.60. The molecule has 1 amide bonds. The first kappa shape index (κ1) is 14.8. The molecule has 0 fully saturated rings. The number of halogens is 3. The third kappa shape index (κ3) is 2.81. The zero-order chi connectivity index (χ0) is 15.8. The topological polar surface area (TPSA) is 81.4 Å². The molecule has 0 aromatic heterocycles. The van der Waals surface area contributed by atoms with Gasteiger partial charge in [0.15, 0.2) is 0 Å². The Hall–Kier alpha value is -2.56. The van der Waals surface area contributed by atoms with Gasteiger partial charge in [-0.3, -0.25) is 4.79 Å². The van der Waals surface area contributed by atoms with Crippen molar-refractivity contribution >= 4 is 11.9 Å². The highest BCUT2D eigenvalue weighted by Gasteiger charge is 2.47. The molecule has 110 valence electrons. The number of carbonyl (C=O) groups excluding carboxylic acids is 1. The standard InChI is InChI=1S/C13H9F3N2O3/c14-13(15,16)12(21)18-6-9-3-7(5-17)1-2-8(9)4-10(18)11(19)20/h1-3,10H,4,6H2,(H,19,20). The molecule has 1 heterocycles. The number of aliphatic carboxylic acids is 1. The molecular formula is C13H9F3N2O3. The Morgan fingerprint density at radius 2 is 2.00 bits per heavy atom. The number of fused-ring (bicyclic) bond motifs is 1. The maximum Gasteiger partial charge on any atom is 0.471 e. The molecule has 1 aromatic carbocycles. The number of hydrogen-bond donors (Lipinski definition) is 1. The minimum absolute atomic E-state index is 0.224. The molecule has 0 aliphatic carbocycles. The average molecular weight is 298 g/mol. The van der Waals surface area contributed by atoms with Crippen LogP contribution in [0.1, 0.15) is 16.7 Å². The summed E-state index contributed by atoms with van der Waals surface area (Å²) in [6, 6.07) is 4.60. The van der Waals surface area contributed by atoms with Crippen LogP contribution >= 0.6 is 0 Å². The van der Waals surface area contributed by atoms with Gasteiger partial charge in [-0.1, -0.05) is 6.07 Å². The Morgan fingerprint density at radius 3 is 2.52 bits per heavy atom. The summed E-state index contributed by atoms with van der Waals surface area (Å²) in [5.41, 5.74) is 1.11. The van der Waals surface area contributed by atoms with E-state index in [0.29, 0.717) is 11.1 Å². The lowest BCUT2D eigenvalue weighted by Crippen LogP contribution is -2.52. The predicted octanol–water partition coefficient (Wildman–Crippen LogP) is 1.46. The number of benzene rings is 1. The second kappa shape index (κ2) is 5.09. The van der Waals surface area contributed by atoms with Crippen LogP contribution in [0.5, 0.6) is 0 Å². The third-order valence-corrected chi connectivity index (χ3v) is 3.25. The van der Waals surface area contributed by atoms with Crippen LogP contribution < -0.4 is 0 Å². The van der Waals surface area contributed by atoms with Crippen LogP contribution in [-0.4, -0.2) is 34.1 Å². The number of alkyl halides is 3. The van der Waals surface area contributed by atoms with E-state index in [1.165, 1.54) is 18.2 Å². The summed E-state index contributed by atoms with van der Waals surface area (Å²) in [6.45, 7) is -0.486. The second-order valence-electron chi connectivity index (χ2n) is 4.58. The first-order valence-corrected chi connectivity index (χ1v) is 5.86. The lowest BCUT2D eigenvalue weighted by atomic mass is 9.92. The van der Waals surface area contributed by atoms with Crippen LogP contribution in [0.2, 0.25) is 0 Å². The van der Waals surface area contributed by atoms with Gasteiger partial charge in [0.25, 0.3) is 0 Å². The van der Waals surface area contributed by atoms with Crippen molar-refractivity contribution in [3.05, 3.63) is 34.9 Å². The van der Waals surface area contributed by atoms with Gasteiger partial charge in [0.05, 0.1) is 11.6 Å². The molecule has 0 saturated carbocycles. The summed E-state index contributed by atoms with van der Waals surface area (Å²) < 4.78 is 37.7. The van der Waals surface area contributed by atoms with Crippen LogP contribution in [0.3, 0.4) is 0 Å². The van der Waals surface area contributed by atoms with Gasteiger partial charge in [-0.2, -0.15) is 18.4 Å². The molecule has 2 rings (SSSR count). The molecule has 0 radical (unpaired) electrons. The maximum atomic E-state index is 12.6. The lowest BCUT2D eigenvalue weighted by Gasteiger charge is -2.34. The Labute approximate surface area is 117 Å². The largest absolute Gasteiger partial charge is 0.480 e. The molecule has 1 unspecified atom stereocenters. The molecule has 0 saturated heterocycles. The van der Waals surface area contributed by atoms with Gasteiger partial charge in [-0.05, 0) is 23.3 Å². The van der Waals surface area contributed by atoms with E-state index in [9.17, 15) is 22.8 Å². The minimum atomic E-state index is -5.14. The van der Waals surface area contributed by atoms with Crippen molar-refractivity contribution in [1.29, 1.82) is 5.26 Å². The number of amides is 1. The van der Waals surface area contributed by atoms with E-state index >= 15 is 0 Å². The van der Waals surface area contributed by atoms with Gasteiger partial charge in [0, 0.05) is 13.0 Å². The summed E-state index contributed by atoms with van der Waals surface area (Å²) in [7, 11) is 0. The molecule has 1 atom stereocenters. The predicted molar refractivity (Wildman–Crippen MR) is 62.9 cm³/mol. The summed E-state index contributed by atoms with van der Waals surface area (Å²) in [6.07, 6.45) is -5.36. The number of nitrogens with zero attached hydrogens (tertiary/aromatic N) is 2. The van der Waals surface area contributed by atoms with E-state index in [-0.39, 0.29) is 16.9 Å². The summed E-state index contributed by atoms with van der Waals surface area (Å²) in [5, 5.41) is 17.8. The molecule has 1 aliphatic heterocycles. The van der Waals surface area contributed by atoms with E-state index in [2.05, 4.69) is 0 Å². The van der Waals surface area contributed by atoms with Gasteiger partial charge >= 0.3 is 18.1 Å². The second-order valence-corrected chi connectivity index (χ2v) is 4.58. The van der Waals surface area contributed by atoms with Crippen LogP contribution in [0, 0.1) is 11.3 Å². The summed E-state index contributed by atoms with van der Waals surface area (Å²) >= 11 is 0. The summed E-state index contributed by atoms with van der Waals surface area (Å²) in [4.78, 5) is 22.8. The molecule has 1 aliphatic rings. The van der Waals surface area contributed by atoms with E-state index < -0.39 is 30.6 Å². The number of carboxylic acid groups (broad SMARTS) is 1. The van der Waals surface area contributed by atoms with Crippen molar-refractivity contribution in [3.8, 4) is 6.07 Å². The SMILES string of the molecule is N#Cc1ccc2c(c1)CN(C(=O)C(F)(F)F)C(C(=O)O)C2. The minimum Gasteiger partial charge on any atom is -0.480 e. The van der Waals surface area contributed by atoms with Crippen molar-refractivity contribution < 1.29 is 27.9 Å². The van der Waals surface area contributed by atoms with E-state index in [4.69, 9.17) is 10.4 Å². The van der Waals surface area contributed by atoms with Crippen LogP contribution in [-0.2, 0) is 22.6 Å². The van der Waals surface area contributed by atoms with Crippen LogP contribution in [0.4, 0.5) is 13.2 Å². The van der Waals surface area contributed by atoms with Crippen LogP contribution in [0.15, 0.2) is 18.2 Å². The fourth-order valence-corrected chi connectivity index (χ4v) is 2.25. The molecular weight excluding hydrogens is 289 g/mol. The molecule has 8 heteroatoms. The fourth-order valence-electron chi connectivity index (χ4n) is 2.25. The van der Waals surface area contributed by atoms with Gasteiger partial charge in [0.1, 0.15) is 6.04 Å². The molecule has 0 spiro atoms. The first-order valence-electron chi connectivity index (χ1n) is 5.86. The molecule has 1 N–H and O–H groups in total. The fraction of sp³-hybridized carbons (Fsp3) is 0.308. The van der Waals surface area contributed by atoms with E-state index in [1.807, 2.05) is 6.07 Å². The highest BCUT2D eigenvalue weighted by Crippen LogP contribution is 2.29. The lowest BCUT2D eigenvalue weighted by molar-refractivity contribution is -0.191. The van der Waals surface area contributed by atoms with Gasteiger partial charge in [-0.15, -0.1) is 0 Å².